The number of ether oxygens (including phenoxy) is 4. The van der Waals surface area contributed by atoms with Crippen LogP contribution in [-0.4, -0.2) is 57.3 Å². The third-order valence-corrected chi connectivity index (χ3v) is 6.50. The maximum absolute atomic E-state index is 13.0. The first-order valence-corrected chi connectivity index (χ1v) is 10.8. The van der Waals surface area contributed by atoms with Crippen LogP contribution in [0.2, 0.25) is 0 Å². The molecule has 0 unspecified atom stereocenters. The van der Waals surface area contributed by atoms with Gasteiger partial charge in [0.05, 0.1) is 31.2 Å². The molecule has 0 spiro atoms. The van der Waals surface area contributed by atoms with E-state index < -0.39 is 10.0 Å². The highest BCUT2D eigenvalue weighted by Gasteiger charge is 2.26. The van der Waals surface area contributed by atoms with E-state index in [2.05, 4.69) is 10.1 Å². The molecule has 1 aromatic heterocycles. The number of nitrogens with zero attached hydrogens (tertiary/aromatic N) is 3. The van der Waals surface area contributed by atoms with Crippen molar-refractivity contribution in [2.24, 2.45) is 0 Å². The van der Waals surface area contributed by atoms with Crippen LogP contribution in [0.3, 0.4) is 0 Å². The van der Waals surface area contributed by atoms with Crippen LogP contribution < -0.4 is 18.9 Å². The van der Waals surface area contributed by atoms with Gasteiger partial charge in [0, 0.05) is 19.2 Å². The van der Waals surface area contributed by atoms with Gasteiger partial charge in [-0.25, -0.2) is 8.42 Å². The summed E-state index contributed by atoms with van der Waals surface area (Å²) in [4.78, 5) is 4.39. The number of aromatic nitrogens is 2. The molecule has 0 aliphatic carbocycles. The second kappa shape index (κ2) is 8.44. The van der Waals surface area contributed by atoms with Crippen molar-refractivity contribution in [3.63, 3.8) is 0 Å². The summed E-state index contributed by atoms with van der Waals surface area (Å²) in [7, 11) is 0.691. The van der Waals surface area contributed by atoms with Gasteiger partial charge in [0.1, 0.15) is 24.7 Å². The van der Waals surface area contributed by atoms with Crippen molar-refractivity contribution in [3.05, 3.63) is 42.3 Å². The molecule has 0 saturated carbocycles. The van der Waals surface area contributed by atoms with E-state index >= 15 is 0 Å². The van der Waals surface area contributed by atoms with Crippen molar-refractivity contribution >= 4 is 10.0 Å². The highest BCUT2D eigenvalue weighted by Crippen LogP contribution is 2.34. The number of fused-ring (bicyclic) bond motifs is 1. The summed E-state index contributed by atoms with van der Waals surface area (Å²) in [6.45, 7) is 0.686. The lowest BCUT2D eigenvalue weighted by molar-refractivity contribution is 0.171. The van der Waals surface area contributed by atoms with E-state index in [-0.39, 0.29) is 23.2 Å². The quantitative estimate of drug-likeness (QED) is 0.538. The molecule has 1 aliphatic rings. The average molecular weight is 447 g/mol. The summed E-state index contributed by atoms with van der Waals surface area (Å²) in [5, 5.41) is 3.95. The zero-order valence-corrected chi connectivity index (χ0v) is 18.0. The Labute approximate surface area is 179 Å². The zero-order valence-electron chi connectivity index (χ0n) is 17.2. The minimum Gasteiger partial charge on any atom is -0.497 e. The Morgan fingerprint density at radius 1 is 1.03 bits per heavy atom. The zero-order chi connectivity index (χ0) is 22.0. The summed E-state index contributed by atoms with van der Waals surface area (Å²) in [5.41, 5.74) is 0.593. The van der Waals surface area contributed by atoms with Crippen molar-refractivity contribution < 1.29 is 31.9 Å². The number of methoxy groups -OCH3 is 2. The van der Waals surface area contributed by atoms with Crippen molar-refractivity contribution in [2.45, 2.75) is 11.4 Å². The van der Waals surface area contributed by atoms with E-state index in [9.17, 15) is 8.42 Å². The lowest BCUT2D eigenvalue weighted by atomic mass is 10.2. The first kappa shape index (κ1) is 20.9. The normalized spacial score (nSPS) is 13.3. The second-order valence-electron chi connectivity index (χ2n) is 6.64. The van der Waals surface area contributed by atoms with E-state index in [0.717, 1.165) is 4.31 Å². The van der Waals surface area contributed by atoms with Gasteiger partial charge in [-0.05, 0) is 24.3 Å². The Morgan fingerprint density at radius 3 is 2.55 bits per heavy atom. The fourth-order valence-corrected chi connectivity index (χ4v) is 4.19. The topological polar surface area (TPSA) is 113 Å². The average Bonchev–Trinajstić information content (AvgIpc) is 3.26. The molecule has 2 heterocycles. The molecule has 1 aliphatic heterocycles. The molecule has 11 heteroatoms. The SMILES string of the molecule is COc1ccc(-c2noc(CN(C)S(=O)(=O)c3ccc4c(c3)OCCO4)n2)c(OC)c1. The number of rotatable bonds is 7. The highest BCUT2D eigenvalue weighted by molar-refractivity contribution is 7.89. The fraction of sp³-hybridized carbons (Fsp3) is 0.300. The molecule has 4 rings (SSSR count). The molecular weight excluding hydrogens is 426 g/mol. The number of benzene rings is 2. The summed E-state index contributed by atoms with van der Waals surface area (Å²) in [5.74, 6) is 2.45. The first-order valence-electron chi connectivity index (χ1n) is 9.33. The van der Waals surface area contributed by atoms with Crippen LogP contribution in [0, 0.1) is 0 Å². The van der Waals surface area contributed by atoms with Gasteiger partial charge >= 0.3 is 0 Å². The van der Waals surface area contributed by atoms with E-state index in [1.54, 1.807) is 31.4 Å². The van der Waals surface area contributed by atoms with Crippen LogP contribution in [0.1, 0.15) is 5.89 Å². The van der Waals surface area contributed by atoms with Gasteiger partial charge in [0.15, 0.2) is 11.5 Å². The summed E-state index contributed by atoms with van der Waals surface area (Å²) < 4.78 is 53.8. The molecule has 0 N–H and O–H groups in total. The predicted octanol–water partition coefficient (Wildman–Crippen LogP) is 2.35. The smallest absolute Gasteiger partial charge is 0.243 e. The minimum absolute atomic E-state index is 0.0795. The first-order chi connectivity index (χ1) is 14.9. The van der Waals surface area contributed by atoms with E-state index in [4.69, 9.17) is 23.5 Å². The van der Waals surface area contributed by atoms with Crippen molar-refractivity contribution in [1.82, 2.24) is 14.4 Å². The molecule has 0 bridgehead atoms. The van der Waals surface area contributed by atoms with Crippen LogP contribution >= 0.6 is 0 Å². The third-order valence-electron chi connectivity index (χ3n) is 4.70. The van der Waals surface area contributed by atoms with Gasteiger partial charge in [0.2, 0.25) is 21.7 Å². The molecule has 10 nitrogen and oxygen atoms in total. The Morgan fingerprint density at radius 2 is 1.81 bits per heavy atom. The van der Waals surface area contributed by atoms with Gasteiger partial charge in [-0.2, -0.15) is 9.29 Å². The largest absolute Gasteiger partial charge is 0.497 e. The molecule has 0 amide bonds. The summed E-state index contributed by atoms with van der Waals surface area (Å²) >= 11 is 0. The molecule has 31 heavy (non-hydrogen) atoms. The number of hydrogen-bond donors (Lipinski definition) is 0. The van der Waals surface area contributed by atoms with Crippen LogP contribution in [-0.2, 0) is 16.6 Å². The predicted molar refractivity (Wildman–Crippen MR) is 109 cm³/mol. The van der Waals surface area contributed by atoms with Crippen molar-refractivity contribution in [3.8, 4) is 34.4 Å². The van der Waals surface area contributed by atoms with Crippen LogP contribution in [0.5, 0.6) is 23.0 Å². The maximum atomic E-state index is 13.0. The molecule has 0 saturated heterocycles. The standard InChI is InChI=1S/C20H21N3O7S/c1-23(31(24,25)14-5-7-16-18(11-14)29-9-8-28-16)12-19-21-20(22-30-19)15-6-4-13(26-2)10-17(15)27-3/h4-7,10-11H,8-9,12H2,1-3H3. The number of sulfonamides is 1. The minimum atomic E-state index is -3.82. The van der Waals surface area contributed by atoms with Gasteiger partial charge in [-0.15, -0.1) is 0 Å². The second-order valence-corrected chi connectivity index (χ2v) is 8.69. The Kier molecular flexibility index (Phi) is 5.70. The van der Waals surface area contributed by atoms with Crippen molar-refractivity contribution in [2.75, 3.05) is 34.5 Å². The third kappa shape index (κ3) is 4.14. The van der Waals surface area contributed by atoms with Crippen LogP contribution in [0.4, 0.5) is 0 Å². The van der Waals surface area contributed by atoms with E-state index in [1.165, 1.54) is 26.3 Å². The highest BCUT2D eigenvalue weighted by atomic mass is 32.2. The van der Waals surface area contributed by atoms with Gasteiger partial charge in [-0.3, -0.25) is 0 Å². The Bertz CT molecular complexity index is 1190. The monoisotopic (exact) mass is 447 g/mol. The fourth-order valence-electron chi connectivity index (χ4n) is 3.05. The van der Waals surface area contributed by atoms with E-state index in [0.29, 0.717) is 41.8 Å². The van der Waals surface area contributed by atoms with Gasteiger partial charge in [0.25, 0.3) is 0 Å². The Balaban J connectivity index is 1.54. The molecule has 0 atom stereocenters. The lowest BCUT2D eigenvalue weighted by Crippen LogP contribution is -2.27. The number of hydrogen-bond acceptors (Lipinski definition) is 9. The van der Waals surface area contributed by atoms with Gasteiger partial charge < -0.3 is 23.5 Å². The summed E-state index contributed by atoms with van der Waals surface area (Å²) in [6.07, 6.45) is 0. The molecule has 0 fully saturated rings. The molecule has 2 aromatic carbocycles. The molecule has 3 aromatic rings. The molecule has 0 radical (unpaired) electrons. The molecule has 164 valence electrons. The van der Waals surface area contributed by atoms with Crippen LogP contribution in [0.15, 0.2) is 45.8 Å². The lowest BCUT2D eigenvalue weighted by Gasteiger charge is -2.20. The Hall–Kier alpha value is -3.31. The van der Waals surface area contributed by atoms with Crippen molar-refractivity contribution in [1.29, 1.82) is 0 Å². The summed E-state index contributed by atoms with van der Waals surface area (Å²) in [6, 6.07) is 9.68. The van der Waals surface area contributed by atoms with E-state index in [1.807, 2.05) is 0 Å². The van der Waals surface area contributed by atoms with Gasteiger partial charge in [-0.1, -0.05) is 5.16 Å². The maximum Gasteiger partial charge on any atom is 0.243 e. The molecular formula is C20H21N3O7S. The van der Waals surface area contributed by atoms with Crippen LogP contribution in [0.25, 0.3) is 11.4 Å².